The summed E-state index contributed by atoms with van der Waals surface area (Å²) in [6, 6.07) is 24.6. The van der Waals surface area contributed by atoms with Gasteiger partial charge in [-0.3, -0.25) is 4.79 Å². The van der Waals surface area contributed by atoms with Gasteiger partial charge in [0.2, 0.25) is 5.89 Å². The number of nitrogens with zero attached hydrogens (tertiary/aromatic N) is 1. The molecular weight excluding hydrogens is 380 g/mol. The van der Waals surface area contributed by atoms with Gasteiger partial charge in [-0.25, -0.2) is 9.78 Å². The normalized spacial score (nSPS) is 10.9. The Labute approximate surface area is 172 Å². The summed E-state index contributed by atoms with van der Waals surface area (Å²) in [7, 11) is 0. The average molecular weight is 398 g/mol. The lowest BCUT2D eigenvalue weighted by atomic mass is 10.1. The number of hydrogen-bond donors (Lipinski definition) is 1. The molecule has 0 aliphatic rings. The molecule has 3 aromatic carbocycles. The minimum atomic E-state index is -0.660. The largest absolute Gasteiger partial charge is 0.452 e. The Hall–Kier alpha value is -4.19. The lowest BCUT2D eigenvalue weighted by molar-refractivity contribution is -0.142. The number of rotatable bonds is 6. The van der Waals surface area contributed by atoms with E-state index in [0.29, 0.717) is 16.8 Å². The molecule has 0 aliphatic heterocycles. The first-order valence-electron chi connectivity index (χ1n) is 9.33. The van der Waals surface area contributed by atoms with Gasteiger partial charge >= 0.3 is 5.97 Å². The summed E-state index contributed by atoms with van der Waals surface area (Å²) in [6.45, 7) is -0.392. The van der Waals surface area contributed by atoms with E-state index in [2.05, 4.69) is 10.3 Å². The Morgan fingerprint density at radius 2 is 1.60 bits per heavy atom. The number of aromatic nitrogens is 1. The smallest absolute Gasteiger partial charge is 0.331 e. The van der Waals surface area contributed by atoms with Crippen molar-refractivity contribution in [2.75, 3.05) is 11.9 Å². The maximum absolute atomic E-state index is 12.0. The van der Waals surface area contributed by atoms with Gasteiger partial charge in [-0.05, 0) is 35.4 Å². The van der Waals surface area contributed by atoms with E-state index in [4.69, 9.17) is 9.15 Å². The predicted octanol–water partition coefficient (Wildman–Crippen LogP) is 4.69. The third-order valence-corrected chi connectivity index (χ3v) is 4.29. The van der Waals surface area contributed by atoms with E-state index in [1.54, 1.807) is 18.2 Å². The van der Waals surface area contributed by atoms with Crippen LogP contribution in [0.15, 0.2) is 89.4 Å². The number of oxazole rings is 1. The molecule has 1 aromatic heterocycles. The van der Waals surface area contributed by atoms with Gasteiger partial charge in [0.15, 0.2) is 12.2 Å². The number of hydrogen-bond acceptors (Lipinski definition) is 5. The second kappa shape index (κ2) is 8.87. The van der Waals surface area contributed by atoms with E-state index >= 15 is 0 Å². The van der Waals surface area contributed by atoms with Crippen molar-refractivity contribution < 1.29 is 18.7 Å². The number of esters is 1. The Morgan fingerprint density at radius 3 is 2.37 bits per heavy atom. The van der Waals surface area contributed by atoms with Gasteiger partial charge in [0, 0.05) is 17.8 Å². The second-order valence-corrected chi connectivity index (χ2v) is 6.45. The van der Waals surface area contributed by atoms with Crippen LogP contribution in [0.1, 0.15) is 5.89 Å². The summed E-state index contributed by atoms with van der Waals surface area (Å²) in [5.74, 6) is -0.797. The van der Waals surface area contributed by atoms with Crippen LogP contribution in [0.25, 0.3) is 28.3 Å². The number of carbonyl (C=O) groups is 2. The third kappa shape index (κ3) is 4.80. The fourth-order valence-corrected chi connectivity index (χ4v) is 2.86. The van der Waals surface area contributed by atoms with Crippen molar-refractivity contribution in [1.82, 2.24) is 4.98 Å². The molecule has 6 nitrogen and oxygen atoms in total. The fourth-order valence-electron chi connectivity index (χ4n) is 2.86. The predicted molar refractivity (Wildman–Crippen MR) is 115 cm³/mol. The molecule has 0 fully saturated rings. The first kappa shape index (κ1) is 19.1. The zero-order valence-electron chi connectivity index (χ0n) is 15.9. The van der Waals surface area contributed by atoms with E-state index in [9.17, 15) is 9.59 Å². The van der Waals surface area contributed by atoms with E-state index in [1.807, 2.05) is 60.7 Å². The summed E-state index contributed by atoms with van der Waals surface area (Å²) in [6.07, 6.45) is 2.58. The SMILES string of the molecule is O=C(COC(=O)/C=C/c1nc2ccccc2o1)Nc1ccc(-c2ccccc2)cc1. The zero-order valence-corrected chi connectivity index (χ0v) is 15.9. The van der Waals surface area contributed by atoms with Crippen LogP contribution in [0.2, 0.25) is 0 Å². The molecule has 30 heavy (non-hydrogen) atoms. The van der Waals surface area contributed by atoms with Crippen LogP contribution in [0.3, 0.4) is 0 Å². The molecule has 1 amide bonds. The molecule has 6 heteroatoms. The van der Waals surface area contributed by atoms with Crippen LogP contribution in [0.4, 0.5) is 5.69 Å². The maximum Gasteiger partial charge on any atom is 0.331 e. The number of amides is 1. The number of benzene rings is 3. The maximum atomic E-state index is 12.0. The van der Waals surface area contributed by atoms with Crippen molar-refractivity contribution in [3.63, 3.8) is 0 Å². The minimum Gasteiger partial charge on any atom is -0.452 e. The van der Waals surface area contributed by atoms with Gasteiger partial charge in [0.05, 0.1) is 0 Å². The highest BCUT2D eigenvalue weighted by molar-refractivity contribution is 5.94. The van der Waals surface area contributed by atoms with Crippen molar-refractivity contribution in [2.24, 2.45) is 0 Å². The molecule has 1 N–H and O–H groups in total. The van der Waals surface area contributed by atoms with Gasteiger partial charge in [0.25, 0.3) is 5.91 Å². The lowest BCUT2D eigenvalue weighted by Gasteiger charge is -2.07. The van der Waals surface area contributed by atoms with Gasteiger partial charge in [0.1, 0.15) is 5.52 Å². The molecule has 0 saturated heterocycles. The minimum absolute atomic E-state index is 0.288. The van der Waals surface area contributed by atoms with Gasteiger partial charge in [-0.1, -0.05) is 54.6 Å². The average Bonchev–Trinajstić information content (AvgIpc) is 3.20. The van der Waals surface area contributed by atoms with Crippen LogP contribution in [-0.2, 0) is 14.3 Å². The summed E-state index contributed by atoms with van der Waals surface area (Å²) in [5.41, 5.74) is 4.09. The lowest BCUT2D eigenvalue weighted by Crippen LogP contribution is -2.20. The van der Waals surface area contributed by atoms with E-state index in [1.165, 1.54) is 12.2 Å². The van der Waals surface area contributed by atoms with Gasteiger partial charge < -0.3 is 14.5 Å². The molecular formula is C24H18N2O4. The molecule has 0 bridgehead atoms. The number of carbonyl (C=O) groups excluding carboxylic acids is 2. The second-order valence-electron chi connectivity index (χ2n) is 6.45. The standard InChI is InChI=1S/C24H18N2O4/c27-22(25-19-12-10-18(11-13-19)17-6-2-1-3-7-17)16-29-24(28)15-14-23-26-20-8-4-5-9-21(20)30-23/h1-15H,16H2,(H,25,27)/b15-14+. The summed E-state index contributed by atoms with van der Waals surface area (Å²) < 4.78 is 10.4. The van der Waals surface area contributed by atoms with E-state index in [-0.39, 0.29) is 5.89 Å². The van der Waals surface area contributed by atoms with Crippen molar-refractivity contribution in [3.8, 4) is 11.1 Å². The monoisotopic (exact) mass is 398 g/mol. The van der Waals surface area contributed by atoms with Crippen molar-refractivity contribution in [1.29, 1.82) is 0 Å². The molecule has 148 valence electrons. The number of nitrogens with one attached hydrogen (secondary N) is 1. The molecule has 1 heterocycles. The Bertz CT molecular complexity index is 1160. The summed E-state index contributed by atoms with van der Waals surface area (Å²) in [4.78, 5) is 28.1. The van der Waals surface area contributed by atoms with Gasteiger partial charge in [-0.2, -0.15) is 0 Å². The van der Waals surface area contributed by atoms with Crippen molar-refractivity contribution in [2.45, 2.75) is 0 Å². The fraction of sp³-hybridized carbons (Fsp3) is 0.0417. The first-order valence-corrected chi connectivity index (χ1v) is 9.33. The molecule has 0 atom stereocenters. The number of fused-ring (bicyclic) bond motifs is 1. The highest BCUT2D eigenvalue weighted by Crippen LogP contribution is 2.21. The van der Waals surface area contributed by atoms with E-state index in [0.717, 1.165) is 11.1 Å². The van der Waals surface area contributed by atoms with Crippen molar-refractivity contribution in [3.05, 3.63) is 90.8 Å². The number of para-hydroxylation sites is 2. The van der Waals surface area contributed by atoms with Crippen LogP contribution >= 0.6 is 0 Å². The highest BCUT2D eigenvalue weighted by atomic mass is 16.5. The summed E-state index contributed by atoms with van der Waals surface area (Å²) in [5, 5.41) is 2.70. The Balaban J connectivity index is 1.27. The summed E-state index contributed by atoms with van der Waals surface area (Å²) >= 11 is 0. The first-order chi connectivity index (χ1) is 14.7. The Kier molecular flexibility index (Phi) is 5.66. The molecule has 0 aliphatic carbocycles. The van der Waals surface area contributed by atoms with Crippen LogP contribution in [0, 0.1) is 0 Å². The van der Waals surface area contributed by atoms with Crippen LogP contribution in [0.5, 0.6) is 0 Å². The number of anilines is 1. The molecule has 0 radical (unpaired) electrons. The number of ether oxygens (including phenoxy) is 1. The topological polar surface area (TPSA) is 81.4 Å². The van der Waals surface area contributed by atoms with Crippen LogP contribution < -0.4 is 5.32 Å². The van der Waals surface area contributed by atoms with Crippen molar-refractivity contribution >= 4 is 34.7 Å². The van der Waals surface area contributed by atoms with Gasteiger partial charge in [-0.15, -0.1) is 0 Å². The molecule has 0 unspecified atom stereocenters. The quantitative estimate of drug-likeness (QED) is 0.376. The third-order valence-electron chi connectivity index (χ3n) is 4.29. The molecule has 0 spiro atoms. The zero-order chi connectivity index (χ0) is 20.8. The highest BCUT2D eigenvalue weighted by Gasteiger charge is 2.07. The van der Waals surface area contributed by atoms with Crippen LogP contribution in [-0.4, -0.2) is 23.5 Å². The Morgan fingerprint density at radius 1 is 0.900 bits per heavy atom. The molecule has 0 saturated carbocycles. The molecule has 4 rings (SSSR count). The van der Waals surface area contributed by atoms with E-state index < -0.39 is 18.5 Å². The molecule has 4 aromatic rings.